The molecule has 9 heteroatoms. The van der Waals surface area contributed by atoms with Gasteiger partial charge >= 0.3 is 0 Å². The van der Waals surface area contributed by atoms with Crippen LogP contribution in [0.25, 0.3) is 0 Å². The Bertz CT molecular complexity index is 1090. The number of rotatable bonds is 6. The van der Waals surface area contributed by atoms with Crippen molar-refractivity contribution in [1.82, 2.24) is 14.9 Å². The summed E-state index contributed by atoms with van der Waals surface area (Å²) >= 11 is 0. The second-order valence-electron chi connectivity index (χ2n) is 7.02. The lowest BCUT2D eigenvalue weighted by Crippen LogP contribution is -2.31. The van der Waals surface area contributed by atoms with E-state index in [0.717, 1.165) is 0 Å². The van der Waals surface area contributed by atoms with Crippen molar-refractivity contribution in [2.45, 2.75) is 19.9 Å². The molecule has 0 aliphatic carbocycles. The number of nitrogens with one attached hydrogen (secondary N) is 3. The largest absolute Gasteiger partial charge is 0.338 e. The van der Waals surface area contributed by atoms with Gasteiger partial charge in [0, 0.05) is 50.2 Å². The van der Waals surface area contributed by atoms with Crippen molar-refractivity contribution < 1.29 is 18.8 Å². The number of aryl methyl sites for hydroxylation is 1. The topological polar surface area (TPSA) is 105 Å². The Balaban J connectivity index is 1.97. The quantitative estimate of drug-likeness (QED) is 0.567. The van der Waals surface area contributed by atoms with Gasteiger partial charge in [-0.3, -0.25) is 14.4 Å². The molecule has 3 aromatic rings. The van der Waals surface area contributed by atoms with Crippen LogP contribution in [0.1, 0.15) is 41.6 Å². The van der Waals surface area contributed by atoms with E-state index in [0.29, 0.717) is 22.8 Å². The maximum atomic E-state index is 13.4. The van der Waals surface area contributed by atoms with Crippen LogP contribution in [-0.4, -0.2) is 27.3 Å². The van der Waals surface area contributed by atoms with Crippen molar-refractivity contribution in [3.8, 4) is 0 Å². The number of benzene rings is 2. The molecule has 0 aliphatic rings. The van der Waals surface area contributed by atoms with Crippen LogP contribution in [0.4, 0.5) is 15.8 Å². The van der Waals surface area contributed by atoms with Gasteiger partial charge in [-0.25, -0.2) is 9.37 Å². The fraction of sp³-hybridized carbons (Fsp3) is 0.182. The third kappa shape index (κ3) is 5.53. The lowest BCUT2D eigenvalue weighted by atomic mass is 10.0. The summed E-state index contributed by atoms with van der Waals surface area (Å²) in [6.45, 7) is 2.69. The Morgan fingerprint density at radius 1 is 0.968 bits per heavy atom. The number of amides is 3. The normalized spacial score (nSPS) is 11.5. The zero-order valence-electron chi connectivity index (χ0n) is 17.3. The van der Waals surface area contributed by atoms with Gasteiger partial charge in [0.25, 0.3) is 5.91 Å². The van der Waals surface area contributed by atoms with Gasteiger partial charge in [0.1, 0.15) is 17.7 Å². The van der Waals surface area contributed by atoms with Gasteiger partial charge in [-0.15, -0.1) is 0 Å². The highest BCUT2D eigenvalue weighted by atomic mass is 19.1. The van der Waals surface area contributed by atoms with E-state index in [2.05, 4.69) is 20.9 Å². The SMILES string of the molecule is CC(=O)Nc1cc(NC(C)=O)cc(C(=O)NC(c2ccc(F)cc2)c2nccn2C)c1. The molecule has 2 aromatic carbocycles. The molecule has 8 nitrogen and oxygen atoms in total. The van der Waals surface area contributed by atoms with E-state index in [4.69, 9.17) is 0 Å². The van der Waals surface area contributed by atoms with Gasteiger partial charge in [0.2, 0.25) is 11.8 Å². The second kappa shape index (κ2) is 9.21. The molecule has 1 atom stereocenters. The molecule has 0 radical (unpaired) electrons. The van der Waals surface area contributed by atoms with Gasteiger partial charge < -0.3 is 20.5 Å². The summed E-state index contributed by atoms with van der Waals surface area (Å²) in [5.41, 5.74) is 1.58. The number of nitrogens with zero attached hydrogens (tertiary/aromatic N) is 2. The molecular weight excluding hydrogens is 401 g/mol. The third-order valence-corrected chi connectivity index (χ3v) is 4.43. The predicted molar refractivity (Wildman–Crippen MR) is 114 cm³/mol. The van der Waals surface area contributed by atoms with Crippen molar-refractivity contribution in [2.75, 3.05) is 10.6 Å². The van der Waals surface area contributed by atoms with E-state index in [-0.39, 0.29) is 17.4 Å². The number of hydrogen-bond acceptors (Lipinski definition) is 4. The number of halogens is 1. The molecule has 160 valence electrons. The van der Waals surface area contributed by atoms with Crippen LogP contribution in [0.15, 0.2) is 54.9 Å². The minimum atomic E-state index is -0.651. The summed E-state index contributed by atoms with van der Waals surface area (Å²) in [5, 5.41) is 8.13. The molecule has 0 aliphatic heterocycles. The summed E-state index contributed by atoms with van der Waals surface area (Å²) in [5.74, 6) is -0.931. The Morgan fingerprint density at radius 2 is 1.55 bits per heavy atom. The van der Waals surface area contributed by atoms with Crippen LogP contribution >= 0.6 is 0 Å². The molecule has 0 bridgehead atoms. The number of aromatic nitrogens is 2. The number of imidazole rings is 1. The number of carbonyl (C=O) groups is 3. The maximum absolute atomic E-state index is 13.4. The lowest BCUT2D eigenvalue weighted by Gasteiger charge is -2.20. The highest BCUT2D eigenvalue weighted by molar-refractivity contribution is 6.00. The molecule has 0 spiro atoms. The predicted octanol–water partition coefficient (Wildman–Crippen LogP) is 3.00. The Labute approximate surface area is 178 Å². The average Bonchev–Trinajstić information content (AvgIpc) is 3.11. The lowest BCUT2D eigenvalue weighted by molar-refractivity contribution is -0.115. The van der Waals surface area contributed by atoms with Gasteiger partial charge in [-0.2, -0.15) is 0 Å². The zero-order valence-corrected chi connectivity index (χ0v) is 17.3. The first kappa shape index (κ1) is 21.7. The van der Waals surface area contributed by atoms with E-state index in [1.807, 2.05) is 0 Å². The van der Waals surface area contributed by atoms with Crippen LogP contribution in [0.3, 0.4) is 0 Å². The van der Waals surface area contributed by atoms with E-state index in [1.165, 1.54) is 38.1 Å². The highest BCUT2D eigenvalue weighted by Crippen LogP contribution is 2.24. The summed E-state index contributed by atoms with van der Waals surface area (Å²) in [6, 6.07) is 9.67. The van der Waals surface area contributed by atoms with Crippen LogP contribution in [0.2, 0.25) is 0 Å². The molecule has 0 fully saturated rings. The van der Waals surface area contributed by atoms with Crippen LogP contribution in [0.5, 0.6) is 0 Å². The molecule has 31 heavy (non-hydrogen) atoms. The third-order valence-electron chi connectivity index (χ3n) is 4.43. The second-order valence-corrected chi connectivity index (χ2v) is 7.02. The zero-order chi connectivity index (χ0) is 22.5. The Morgan fingerprint density at radius 3 is 2.03 bits per heavy atom. The van der Waals surface area contributed by atoms with Crippen molar-refractivity contribution >= 4 is 29.1 Å². The average molecular weight is 423 g/mol. The molecule has 0 saturated carbocycles. The highest BCUT2D eigenvalue weighted by Gasteiger charge is 2.22. The number of carbonyl (C=O) groups excluding carboxylic acids is 3. The van der Waals surface area contributed by atoms with Crippen molar-refractivity contribution in [3.63, 3.8) is 0 Å². The summed E-state index contributed by atoms with van der Waals surface area (Å²) in [4.78, 5) is 40.4. The van der Waals surface area contributed by atoms with Gasteiger partial charge in [0.15, 0.2) is 0 Å². The molecular formula is C22H22FN5O3. The summed E-state index contributed by atoms with van der Waals surface area (Å²) in [7, 11) is 1.79. The number of anilines is 2. The molecule has 0 saturated heterocycles. The summed E-state index contributed by atoms with van der Waals surface area (Å²) < 4.78 is 15.2. The smallest absolute Gasteiger partial charge is 0.252 e. The first-order chi connectivity index (χ1) is 14.7. The minimum absolute atomic E-state index is 0.219. The van der Waals surface area contributed by atoms with E-state index in [9.17, 15) is 18.8 Å². The Hall–Kier alpha value is -4.01. The molecule has 3 amide bonds. The number of hydrogen-bond donors (Lipinski definition) is 3. The maximum Gasteiger partial charge on any atom is 0.252 e. The van der Waals surface area contributed by atoms with Crippen molar-refractivity contribution in [2.24, 2.45) is 7.05 Å². The first-order valence-electron chi connectivity index (χ1n) is 9.46. The first-order valence-corrected chi connectivity index (χ1v) is 9.46. The molecule has 1 aromatic heterocycles. The van der Waals surface area contributed by atoms with Gasteiger partial charge in [-0.05, 0) is 35.9 Å². The van der Waals surface area contributed by atoms with E-state index < -0.39 is 17.8 Å². The minimum Gasteiger partial charge on any atom is -0.338 e. The fourth-order valence-electron chi connectivity index (χ4n) is 3.13. The van der Waals surface area contributed by atoms with E-state index in [1.54, 1.807) is 42.2 Å². The molecule has 1 heterocycles. The monoisotopic (exact) mass is 423 g/mol. The molecule has 1 unspecified atom stereocenters. The van der Waals surface area contributed by atoms with Crippen LogP contribution in [-0.2, 0) is 16.6 Å². The van der Waals surface area contributed by atoms with Crippen molar-refractivity contribution in [3.05, 3.63) is 77.6 Å². The molecule has 3 N–H and O–H groups in total. The van der Waals surface area contributed by atoms with Crippen LogP contribution < -0.4 is 16.0 Å². The summed E-state index contributed by atoms with van der Waals surface area (Å²) in [6.07, 6.45) is 3.34. The van der Waals surface area contributed by atoms with Crippen LogP contribution in [0, 0.1) is 5.82 Å². The molecule has 3 rings (SSSR count). The standard InChI is InChI=1S/C22H22FN5O3/c1-13(29)25-18-10-16(11-19(12-18)26-14(2)30)22(31)27-20(21-24-8-9-28(21)3)15-4-6-17(23)7-5-15/h4-12,20H,1-3H3,(H,25,29)(H,26,30)(H,27,31). The van der Waals surface area contributed by atoms with Gasteiger partial charge in [0.05, 0.1) is 0 Å². The van der Waals surface area contributed by atoms with E-state index >= 15 is 0 Å². The van der Waals surface area contributed by atoms with Crippen molar-refractivity contribution in [1.29, 1.82) is 0 Å². The van der Waals surface area contributed by atoms with Gasteiger partial charge in [-0.1, -0.05) is 12.1 Å². The Kier molecular flexibility index (Phi) is 6.44. The fourth-order valence-corrected chi connectivity index (χ4v) is 3.13.